The number of nitrogens with one attached hydrogen (secondary N) is 2. The van der Waals surface area contributed by atoms with Crippen LogP contribution in [0.3, 0.4) is 0 Å². The fourth-order valence-electron chi connectivity index (χ4n) is 3.17. The first-order valence-corrected chi connectivity index (χ1v) is 7.56. The second-order valence-corrected chi connectivity index (χ2v) is 6.02. The Hall–Kier alpha value is -1.43. The largest absolute Gasteiger partial charge is 0.353 e. The van der Waals surface area contributed by atoms with Gasteiger partial charge in [-0.2, -0.15) is 4.98 Å². The zero-order valence-corrected chi connectivity index (χ0v) is 11.9. The molecule has 1 aliphatic carbocycles. The molecule has 6 nitrogen and oxygen atoms in total. The van der Waals surface area contributed by atoms with Gasteiger partial charge in [0.2, 0.25) is 11.8 Å². The van der Waals surface area contributed by atoms with E-state index >= 15 is 0 Å². The van der Waals surface area contributed by atoms with Gasteiger partial charge < -0.3 is 15.2 Å². The molecule has 2 heterocycles. The van der Waals surface area contributed by atoms with Crippen LogP contribution in [0.2, 0.25) is 0 Å². The van der Waals surface area contributed by atoms with Gasteiger partial charge in [-0.1, -0.05) is 24.9 Å². The van der Waals surface area contributed by atoms with Crippen LogP contribution in [-0.4, -0.2) is 35.2 Å². The normalized spacial score (nSPS) is 31.1. The first kappa shape index (κ1) is 13.5. The van der Waals surface area contributed by atoms with Crippen molar-refractivity contribution in [2.45, 2.75) is 51.0 Å². The molecule has 1 saturated heterocycles. The summed E-state index contributed by atoms with van der Waals surface area (Å²) in [5.41, 5.74) is 0. The Morgan fingerprint density at radius 1 is 1.35 bits per heavy atom. The third kappa shape index (κ3) is 3.00. The first-order chi connectivity index (χ1) is 9.72. The van der Waals surface area contributed by atoms with E-state index in [2.05, 4.69) is 27.7 Å². The maximum atomic E-state index is 11.7. The molecule has 0 aromatic carbocycles. The standard InChI is InChI=1S/C14H22N4O2/c1-9-3-2-4-10(7-9)13-17-12(20-18-13)8-11-14(19)16-6-5-15-11/h9-11,15H,2-8H2,1H3,(H,16,19). The van der Waals surface area contributed by atoms with Crippen LogP contribution in [0.15, 0.2) is 4.52 Å². The molecule has 0 spiro atoms. The van der Waals surface area contributed by atoms with Crippen LogP contribution in [-0.2, 0) is 11.2 Å². The van der Waals surface area contributed by atoms with Crippen LogP contribution in [0.5, 0.6) is 0 Å². The molecule has 1 aromatic heterocycles. The predicted octanol–water partition coefficient (Wildman–Crippen LogP) is 0.994. The van der Waals surface area contributed by atoms with E-state index in [1.165, 1.54) is 12.8 Å². The van der Waals surface area contributed by atoms with Gasteiger partial charge in [0.1, 0.15) is 0 Å². The van der Waals surface area contributed by atoms with Gasteiger partial charge in [-0.25, -0.2) is 0 Å². The van der Waals surface area contributed by atoms with Crippen LogP contribution < -0.4 is 10.6 Å². The fraction of sp³-hybridized carbons (Fsp3) is 0.786. The number of carbonyl (C=O) groups excluding carboxylic acids is 1. The molecule has 1 aliphatic heterocycles. The van der Waals surface area contributed by atoms with E-state index in [0.29, 0.717) is 24.8 Å². The van der Waals surface area contributed by atoms with Crippen molar-refractivity contribution in [3.8, 4) is 0 Å². The lowest BCUT2D eigenvalue weighted by atomic mass is 9.82. The highest BCUT2D eigenvalue weighted by molar-refractivity contribution is 5.82. The summed E-state index contributed by atoms with van der Waals surface area (Å²) in [6.07, 6.45) is 5.30. The van der Waals surface area contributed by atoms with Crippen LogP contribution in [0.1, 0.15) is 50.2 Å². The summed E-state index contributed by atoms with van der Waals surface area (Å²) in [5.74, 6) is 2.56. The van der Waals surface area contributed by atoms with Crippen molar-refractivity contribution in [2.75, 3.05) is 13.1 Å². The minimum absolute atomic E-state index is 0.0160. The number of carbonyl (C=O) groups is 1. The summed E-state index contributed by atoms with van der Waals surface area (Å²) in [7, 11) is 0. The Morgan fingerprint density at radius 2 is 2.25 bits per heavy atom. The molecule has 3 rings (SSSR count). The Bertz CT molecular complexity index is 473. The zero-order valence-electron chi connectivity index (χ0n) is 11.9. The third-order valence-corrected chi connectivity index (χ3v) is 4.30. The Morgan fingerprint density at radius 3 is 3.05 bits per heavy atom. The number of hydrogen-bond donors (Lipinski definition) is 2. The second-order valence-electron chi connectivity index (χ2n) is 6.02. The molecule has 2 fully saturated rings. The smallest absolute Gasteiger partial charge is 0.237 e. The van der Waals surface area contributed by atoms with E-state index in [0.717, 1.165) is 31.1 Å². The zero-order chi connectivity index (χ0) is 13.9. The van der Waals surface area contributed by atoms with Crippen LogP contribution in [0.4, 0.5) is 0 Å². The molecule has 6 heteroatoms. The lowest BCUT2D eigenvalue weighted by molar-refractivity contribution is -0.124. The second kappa shape index (κ2) is 5.91. The number of aromatic nitrogens is 2. The number of piperazine rings is 1. The van der Waals surface area contributed by atoms with E-state index in [-0.39, 0.29) is 11.9 Å². The van der Waals surface area contributed by atoms with Crippen molar-refractivity contribution in [3.05, 3.63) is 11.7 Å². The van der Waals surface area contributed by atoms with Gasteiger partial charge in [0.05, 0.1) is 12.5 Å². The topological polar surface area (TPSA) is 80.0 Å². The molecule has 2 aliphatic rings. The van der Waals surface area contributed by atoms with E-state index in [9.17, 15) is 4.79 Å². The van der Waals surface area contributed by atoms with E-state index in [1.807, 2.05) is 0 Å². The minimum Gasteiger partial charge on any atom is -0.353 e. The van der Waals surface area contributed by atoms with Gasteiger partial charge in [0.25, 0.3) is 0 Å². The number of amides is 1. The fourth-order valence-corrected chi connectivity index (χ4v) is 3.17. The number of rotatable bonds is 3. The lowest BCUT2D eigenvalue weighted by Gasteiger charge is -2.24. The van der Waals surface area contributed by atoms with E-state index in [1.54, 1.807) is 0 Å². The average molecular weight is 278 g/mol. The quantitative estimate of drug-likeness (QED) is 0.862. The minimum atomic E-state index is -0.248. The van der Waals surface area contributed by atoms with Gasteiger partial charge >= 0.3 is 0 Å². The van der Waals surface area contributed by atoms with Crippen LogP contribution >= 0.6 is 0 Å². The summed E-state index contributed by atoms with van der Waals surface area (Å²) in [6, 6.07) is -0.248. The van der Waals surface area contributed by atoms with Crippen molar-refractivity contribution in [1.29, 1.82) is 0 Å². The van der Waals surface area contributed by atoms with E-state index < -0.39 is 0 Å². The Kier molecular flexibility index (Phi) is 4.00. The highest BCUT2D eigenvalue weighted by atomic mass is 16.5. The van der Waals surface area contributed by atoms with Gasteiger partial charge in [0.15, 0.2) is 5.82 Å². The van der Waals surface area contributed by atoms with Gasteiger partial charge in [-0.15, -0.1) is 0 Å². The van der Waals surface area contributed by atoms with Crippen molar-refractivity contribution in [2.24, 2.45) is 5.92 Å². The van der Waals surface area contributed by atoms with E-state index in [4.69, 9.17) is 4.52 Å². The summed E-state index contributed by atoms with van der Waals surface area (Å²) in [6.45, 7) is 3.76. The maximum absolute atomic E-state index is 11.7. The van der Waals surface area contributed by atoms with Crippen molar-refractivity contribution < 1.29 is 9.32 Å². The molecule has 3 atom stereocenters. The summed E-state index contributed by atoms with van der Waals surface area (Å²) < 4.78 is 5.32. The third-order valence-electron chi connectivity index (χ3n) is 4.30. The monoisotopic (exact) mass is 278 g/mol. The molecule has 3 unspecified atom stereocenters. The maximum Gasteiger partial charge on any atom is 0.237 e. The molecule has 0 radical (unpaired) electrons. The van der Waals surface area contributed by atoms with Gasteiger partial charge in [-0.05, 0) is 18.8 Å². The lowest BCUT2D eigenvalue weighted by Crippen LogP contribution is -2.53. The molecule has 20 heavy (non-hydrogen) atoms. The average Bonchev–Trinajstić information content (AvgIpc) is 2.90. The van der Waals surface area contributed by atoms with Crippen molar-refractivity contribution in [1.82, 2.24) is 20.8 Å². The van der Waals surface area contributed by atoms with Crippen LogP contribution in [0.25, 0.3) is 0 Å². The SMILES string of the molecule is CC1CCCC(c2noc(CC3NCCNC3=O)n2)C1. The van der Waals surface area contributed by atoms with Crippen molar-refractivity contribution in [3.63, 3.8) is 0 Å². The first-order valence-electron chi connectivity index (χ1n) is 7.56. The van der Waals surface area contributed by atoms with Crippen LogP contribution in [0, 0.1) is 5.92 Å². The summed E-state index contributed by atoms with van der Waals surface area (Å²) in [5, 5.41) is 10.1. The predicted molar refractivity (Wildman–Crippen MR) is 73.2 cm³/mol. The summed E-state index contributed by atoms with van der Waals surface area (Å²) in [4.78, 5) is 16.2. The van der Waals surface area contributed by atoms with Gasteiger partial charge in [-0.3, -0.25) is 4.79 Å². The Balaban J connectivity index is 1.62. The highest BCUT2D eigenvalue weighted by Crippen LogP contribution is 2.34. The summed E-state index contributed by atoms with van der Waals surface area (Å²) >= 11 is 0. The molecule has 110 valence electrons. The Labute approximate surface area is 118 Å². The molecule has 1 saturated carbocycles. The molecule has 2 N–H and O–H groups in total. The molecule has 1 aromatic rings. The van der Waals surface area contributed by atoms with Crippen molar-refractivity contribution >= 4 is 5.91 Å². The molecular weight excluding hydrogens is 256 g/mol. The number of hydrogen-bond acceptors (Lipinski definition) is 5. The molecular formula is C14H22N4O2. The highest BCUT2D eigenvalue weighted by Gasteiger charge is 2.27. The molecule has 0 bridgehead atoms. The number of nitrogens with zero attached hydrogens (tertiary/aromatic N) is 2. The van der Waals surface area contributed by atoms with Gasteiger partial charge in [0, 0.05) is 19.0 Å². The molecule has 1 amide bonds.